The summed E-state index contributed by atoms with van der Waals surface area (Å²) in [6, 6.07) is 9.66. The fourth-order valence-corrected chi connectivity index (χ4v) is 1.49. The predicted molar refractivity (Wildman–Crippen MR) is 70.9 cm³/mol. The van der Waals surface area contributed by atoms with Gasteiger partial charge in [-0.3, -0.25) is 4.79 Å². The normalized spacial score (nSPS) is 10.6. The number of amides is 1. The maximum Gasteiger partial charge on any atom is 0.244 e. The summed E-state index contributed by atoms with van der Waals surface area (Å²) in [7, 11) is 0. The van der Waals surface area contributed by atoms with E-state index in [1.165, 1.54) is 12.8 Å². The molecule has 0 spiro atoms. The van der Waals surface area contributed by atoms with Crippen molar-refractivity contribution in [1.82, 2.24) is 5.43 Å². The van der Waals surface area contributed by atoms with Gasteiger partial charge in [0, 0.05) is 6.21 Å². The van der Waals surface area contributed by atoms with Crippen LogP contribution >= 0.6 is 0 Å². The Labute approximate surface area is 103 Å². The average Bonchev–Trinajstić information content (AvgIpc) is 2.35. The molecule has 0 saturated carbocycles. The van der Waals surface area contributed by atoms with E-state index in [2.05, 4.69) is 17.5 Å². The zero-order chi connectivity index (χ0) is 12.3. The van der Waals surface area contributed by atoms with Gasteiger partial charge in [-0.05, 0) is 18.4 Å². The second-order valence-corrected chi connectivity index (χ2v) is 4.00. The van der Waals surface area contributed by atoms with Crippen LogP contribution in [0.15, 0.2) is 35.4 Å². The molecule has 0 aliphatic rings. The number of hydrazone groups is 1. The number of carbonyl (C=O) groups is 1. The number of benzene rings is 1. The van der Waals surface area contributed by atoms with E-state index >= 15 is 0 Å². The first-order chi connectivity index (χ1) is 8.33. The molecule has 0 unspecified atom stereocenters. The quantitative estimate of drug-likeness (QED) is 0.438. The number of carbonyl (C=O) groups excluding carboxylic acids is 1. The van der Waals surface area contributed by atoms with E-state index in [1.54, 1.807) is 6.21 Å². The van der Waals surface area contributed by atoms with Crippen LogP contribution in [0.25, 0.3) is 0 Å². The first kappa shape index (κ1) is 13.4. The van der Waals surface area contributed by atoms with Crippen molar-refractivity contribution in [2.24, 2.45) is 5.10 Å². The van der Waals surface area contributed by atoms with Gasteiger partial charge < -0.3 is 0 Å². The van der Waals surface area contributed by atoms with E-state index in [9.17, 15) is 4.79 Å². The van der Waals surface area contributed by atoms with Gasteiger partial charge in [0.15, 0.2) is 0 Å². The number of nitrogens with one attached hydrogen (secondary N) is 1. The summed E-state index contributed by atoms with van der Waals surface area (Å²) in [5.74, 6) is -0.0667. The van der Waals surface area contributed by atoms with Crippen LogP contribution in [-0.4, -0.2) is 12.1 Å². The van der Waals surface area contributed by atoms with E-state index < -0.39 is 0 Å². The second-order valence-electron chi connectivity index (χ2n) is 4.00. The van der Waals surface area contributed by atoms with Crippen LogP contribution in [-0.2, 0) is 11.2 Å². The van der Waals surface area contributed by atoms with Crippen LogP contribution < -0.4 is 5.43 Å². The lowest BCUT2D eigenvalue weighted by atomic mass is 10.1. The topological polar surface area (TPSA) is 41.5 Å². The molecule has 1 aromatic rings. The lowest BCUT2D eigenvalue weighted by molar-refractivity contribution is -0.120. The highest BCUT2D eigenvalue weighted by Crippen LogP contribution is 1.99. The van der Waals surface area contributed by atoms with Crippen molar-refractivity contribution in [1.29, 1.82) is 0 Å². The molecule has 0 heterocycles. The van der Waals surface area contributed by atoms with Crippen LogP contribution in [0.3, 0.4) is 0 Å². The van der Waals surface area contributed by atoms with Crippen LogP contribution in [0.4, 0.5) is 0 Å². The minimum Gasteiger partial charge on any atom is -0.273 e. The molecule has 0 aliphatic heterocycles. The number of nitrogens with zero attached hydrogens (tertiary/aromatic N) is 1. The fraction of sp³-hybridized carbons (Fsp3) is 0.429. The fourth-order valence-electron chi connectivity index (χ4n) is 1.49. The summed E-state index contributed by atoms with van der Waals surface area (Å²) in [4.78, 5) is 11.5. The number of hydrogen-bond donors (Lipinski definition) is 1. The Balaban J connectivity index is 2.17. The molecule has 0 saturated heterocycles. The lowest BCUT2D eigenvalue weighted by Crippen LogP contribution is -2.19. The molecule has 1 N–H and O–H groups in total. The van der Waals surface area contributed by atoms with Crippen molar-refractivity contribution < 1.29 is 4.79 Å². The summed E-state index contributed by atoms with van der Waals surface area (Å²) in [6.07, 6.45) is 6.64. The Bertz CT molecular complexity index is 346. The van der Waals surface area contributed by atoms with Crippen LogP contribution in [0.5, 0.6) is 0 Å². The molecule has 0 atom stereocenters. The van der Waals surface area contributed by atoms with Crippen LogP contribution in [0, 0.1) is 0 Å². The summed E-state index contributed by atoms with van der Waals surface area (Å²) >= 11 is 0. The van der Waals surface area contributed by atoms with Crippen molar-refractivity contribution in [3.05, 3.63) is 35.9 Å². The lowest BCUT2D eigenvalue weighted by Gasteiger charge is -1.99. The van der Waals surface area contributed by atoms with Gasteiger partial charge >= 0.3 is 0 Å². The Morgan fingerprint density at radius 3 is 2.76 bits per heavy atom. The molecule has 0 bridgehead atoms. The molecule has 0 fully saturated rings. The average molecular weight is 232 g/mol. The zero-order valence-corrected chi connectivity index (χ0v) is 10.4. The molecule has 92 valence electrons. The Hall–Kier alpha value is -1.64. The smallest absolute Gasteiger partial charge is 0.244 e. The minimum absolute atomic E-state index is 0.0667. The highest BCUT2D eigenvalue weighted by Gasteiger charge is 2.00. The Morgan fingerprint density at radius 2 is 2.06 bits per heavy atom. The predicted octanol–water partition coefficient (Wildman–Crippen LogP) is 2.91. The maximum absolute atomic E-state index is 11.5. The standard InChI is InChI=1S/C14H20N2O/c1-2-3-4-8-11-15-16-14(17)12-13-9-6-5-7-10-13/h5-7,9-11H,2-4,8,12H2,1H3,(H,16,17)/b15-11+. The third kappa shape index (κ3) is 6.51. The highest BCUT2D eigenvalue weighted by atomic mass is 16.2. The summed E-state index contributed by atoms with van der Waals surface area (Å²) in [5, 5.41) is 3.91. The number of rotatable bonds is 7. The highest BCUT2D eigenvalue weighted by molar-refractivity contribution is 5.79. The van der Waals surface area contributed by atoms with Crippen molar-refractivity contribution in [2.75, 3.05) is 0 Å². The summed E-state index contributed by atoms with van der Waals surface area (Å²) in [6.45, 7) is 2.17. The monoisotopic (exact) mass is 232 g/mol. The molecule has 1 rings (SSSR count). The molecule has 0 aliphatic carbocycles. The van der Waals surface area contributed by atoms with Gasteiger partial charge in [0.05, 0.1) is 6.42 Å². The van der Waals surface area contributed by atoms with Crippen molar-refractivity contribution in [3.8, 4) is 0 Å². The molecule has 17 heavy (non-hydrogen) atoms. The molecule has 0 radical (unpaired) electrons. The van der Waals surface area contributed by atoms with Gasteiger partial charge in [0.2, 0.25) is 5.91 Å². The van der Waals surface area contributed by atoms with Crippen LogP contribution in [0.2, 0.25) is 0 Å². The molecule has 1 amide bonds. The van der Waals surface area contributed by atoms with E-state index in [1.807, 2.05) is 30.3 Å². The first-order valence-corrected chi connectivity index (χ1v) is 6.17. The van der Waals surface area contributed by atoms with Gasteiger partial charge in [0.25, 0.3) is 0 Å². The maximum atomic E-state index is 11.5. The molecule has 3 heteroatoms. The molecular weight excluding hydrogens is 212 g/mol. The molecule has 3 nitrogen and oxygen atoms in total. The van der Waals surface area contributed by atoms with Gasteiger partial charge in [-0.2, -0.15) is 5.10 Å². The Kier molecular flexibility index (Phi) is 6.72. The van der Waals surface area contributed by atoms with E-state index in [0.29, 0.717) is 6.42 Å². The largest absolute Gasteiger partial charge is 0.273 e. The van der Waals surface area contributed by atoms with Crippen molar-refractivity contribution in [3.63, 3.8) is 0 Å². The zero-order valence-electron chi connectivity index (χ0n) is 10.4. The van der Waals surface area contributed by atoms with Gasteiger partial charge in [0.1, 0.15) is 0 Å². The van der Waals surface area contributed by atoms with Crippen LogP contribution in [0.1, 0.15) is 38.2 Å². The van der Waals surface area contributed by atoms with Gasteiger partial charge in [-0.15, -0.1) is 0 Å². The molecule has 0 aromatic heterocycles. The molecule has 1 aromatic carbocycles. The third-order valence-electron chi connectivity index (χ3n) is 2.42. The Morgan fingerprint density at radius 1 is 1.29 bits per heavy atom. The van der Waals surface area contributed by atoms with E-state index in [-0.39, 0.29) is 5.91 Å². The third-order valence-corrected chi connectivity index (χ3v) is 2.42. The van der Waals surface area contributed by atoms with Gasteiger partial charge in [-0.1, -0.05) is 50.1 Å². The van der Waals surface area contributed by atoms with Gasteiger partial charge in [-0.25, -0.2) is 5.43 Å². The van der Waals surface area contributed by atoms with E-state index in [4.69, 9.17) is 0 Å². The van der Waals surface area contributed by atoms with Crippen molar-refractivity contribution in [2.45, 2.75) is 39.0 Å². The molecular formula is C14H20N2O. The van der Waals surface area contributed by atoms with E-state index in [0.717, 1.165) is 18.4 Å². The second kappa shape index (κ2) is 8.50. The SMILES string of the molecule is CCCCC/C=N/NC(=O)Cc1ccccc1. The number of unbranched alkanes of at least 4 members (excludes halogenated alkanes) is 3. The first-order valence-electron chi connectivity index (χ1n) is 6.17. The summed E-state index contributed by atoms with van der Waals surface area (Å²) in [5.41, 5.74) is 3.54. The van der Waals surface area contributed by atoms with Crippen molar-refractivity contribution >= 4 is 12.1 Å². The summed E-state index contributed by atoms with van der Waals surface area (Å²) < 4.78 is 0. The number of hydrogen-bond acceptors (Lipinski definition) is 2. The minimum atomic E-state index is -0.0667.